The van der Waals surface area contributed by atoms with Gasteiger partial charge in [-0.2, -0.15) is 10.2 Å². The number of aryl methyl sites for hydroxylation is 3. The normalized spacial score (nSPS) is 12.5. The summed E-state index contributed by atoms with van der Waals surface area (Å²) in [4.78, 5) is 16.7. The number of amides is 1. The number of aromatic nitrogens is 5. The molecule has 0 aliphatic heterocycles. The van der Waals surface area contributed by atoms with E-state index in [-0.39, 0.29) is 11.8 Å². The maximum Gasteiger partial charge on any atom is 0.227 e. The number of anilines is 1. The Morgan fingerprint density at radius 1 is 1.22 bits per heavy atom. The Labute approximate surface area is 133 Å². The van der Waals surface area contributed by atoms with E-state index >= 15 is 0 Å². The molecule has 3 rings (SSSR count). The molecule has 3 aromatic heterocycles. The number of aromatic amines is 2. The Hall–Kier alpha value is -2.70. The summed E-state index contributed by atoms with van der Waals surface area (Å²) in [5, 5.41) is 17.9. The number of hydrogen-bond acceptors (Lipinski definition) is 4. The number of carbonyl (C=O) groups excluding carboxylic acids is 1. The molecule has 0 saturated heterocycles. The zero-order valence-electron chi connectivity index (χ0n) is 13.7. The number of nitrogens with zero attached hydrogens (tertiary/aromatic N) is 3. The van der Waals surface area contributed by atoms with E-state index in [1.807, 2.05) is 33.8 Å². The summed E-state index contributed by atoms with van der Waals surface area (Å²) in [5.74, 6) is -0.196. The fraction of sp³-hybridized carbons (Fsp3) is 0.375. The van der Waals surface area contributed by atoms with Crippen molar-refractivity contribution in [3.63, 3.8) is 0 Å². The van der Waals surface area contributed by atoms with E-state index in [1.54, 1.807) is 6.20 Å². The molecular formula is C16H20N6O. The van der Waals surface area contributed by atoms with Gasteiger partial charge in [-0.25, -0.2) is 4.98 Å². The molecular weight excluding hydrogens is 292 g/mol. The lowest BCUT2D eigenvalue weighted by atomic mass is 9.99. The van der Waals surface area contributed by atoms with E-state index in [1.165, 1.54) is 0 Å². The number of fused-ring (bicyclic) bond motifs is 1. The van der Waals surface area contributed by atoms with Gasteiger partial charge in [0.25, 0.3) is 0 Å². The first-order valence-electron chi connectivity index (χ1n) is 7.57. The number of hydrogen-bond donors (Lipinski definition) is 3. The smallest absolute Gasteiger partial charge is 0.227 e. The van der Waals surface area contributed by atoms with Gasteiger partial charge < -0.3 is 5.32 Å². The van der Waals surface area contributed by atoms with Crippen molar-refractivity contribution in [3.8, 4) is 0 Å². The van der Waals surface area contributed by atoms with Crippen molar-refractivity contribution in [1.82, 2.24) is 25.4 Å². The van der Waals surface area contributed by atoms with Gasteiger partial charge in [-0.05, 0) is 38.8 Å². The van der Waals surface area contributed by atoms with Crippen LogP contribution in [-0.2, 0) is 11.2 Å². The third-order valence-corrected chi connectivity index (χ3v) is 4.11. The van der Waals surface area contributed by atoms with Crippen LogP contribution >= 0.6 is 0 Å². The van der Waals surface area contributed by atoms with Crippen molar-refractivity contribution in [2.24, 2.45) is 5.92 Å². The first-order chi connectivity index (χ1) is 11.0. The van der Waals surface area contributed by atoms with E-state index < -0.39 is 0 Å². The Balaban J connectivity index is 1.73. The maximum atomic E-state index is 12.4. The molecule has 3 aromatic rings. The largest absolute Gasteiger partial charge is 0.324 e. The molecule has 7 nitrogen and oxygen atoms in total. The second kappa shape index (κ2) is 5.83. The Kier molecular flexibility index (Phi) is 3.85. The standard InChI is InChI=1S/C16H20N6O/c1-8(5-13-9(2)19-20-10(13)3)16(23)18-12-6-14-11(4)21-22-15(14)17-7-12/h6-8H,5H2,1-4H3,(H,18,23)(H,19,20)(H,17,21,22)/t8-/m1/s1. The molecule has 0 saturated carbocycles. The number of rotatable bonds is 4. The van der Waals surface area contributed by atoms with Gasteiger partial charge >= 0.3 is 0 Å². The molecule has 0 spiro atoms. The van der Waals surface area contributed by atoms with Crippen LogP contribution in [0.2, 0.25) is 0 Å². The van der Waals surface area contributed by atoms with Gasteiger partial charge in [0.15, 0.2) is 5.65 Å². The highest BCUT2D eigenvalue weighted by atomic mass is 16.1. The van der Waals surface area contributed by atoms with Gasteiger partial charge in [0.05, 0.1) is 17.6 Å². The zero-order chi connectivity index (χ0) is 16.6. The van der Waals surface area contributed by atoms with E-state index in [4.69, 9.17) is 0 Å². The summed E-state index contributed by atoms with van der Waals surface area (Å²) >= 11 is 0. The third kappa shape index (κ3) is 2.94. The highest BCUT2D eigenvalue weighted by molar-refractivity contribution is 5.94. The topological polar surface area (TPSA) is 99.3 Å². The highest BCUT2D eigenvalue weighted by Crippen LogP contribution is 2.20. The molecule has 0 aliphatic rings. The Morgan fingerprint density at radius 3 is 2.65 bits per heavy atom. The highest BCUT2D eigenvalue weighted by Gasteiger charge is 2.18. The van der Waals surface area contributed by atoms with Crippen molar-refractivity contribution >= 4 is 22.6 Å². The van der Waals surface area contributed by atoms with Gasteiger partial charge in [0.1, 0.15) is 0 Å². The van der Waals surface area contributed by atoms with Crippen LogP contribution in [0.25, 0.3) is 11.0 Å². The van der Waals surface area contributed by atoms with Gasteiger partial charge in [0, 0.05) is 22.7 Å². The predicted octanol–water partition coefficient (Wildman–Crippen LogP) is 2.42. The van der Waals surface area contributed by atoms with E-state index in [0.29, 0.717) is 17.8 Å². The number of pyridine rings is 1. The average Bonchev–Trinajstić information content (AvgIpc) is 3.04. The van der Waals surface area contributed by atoms with Crippen molar-refractivity contribution in [1.29, 1.82) is 0 Å². The van der Waals surface area contributed by atoms with E-state index in [9.17, 15) is 4.79 Å². The summed E-state index contributed by atoms with van der Waals surface area (Å²) in [6.07, 6.45) is 2.28. The summed E-state index contributed by atoms with van der Waals surface area (Å²) < 4.78 is 0. The molecule has 0 bridgehead atoms. The number of nitrogens with one attached hydrogen (secondary N) is 3. The van der Waals surface area contributed by atoms with Crippen LogP contribution in [0.5, 0.6) is 0 Å². The summed E-state index contributed by atoms with van der Waals surface area (Å²) in [7, 11) is 0. The molecule has 1 amide bonds. The molecule has 120 valence electrons. The van der Waals surface area contributed by atoms with Gasteiger partial charge in [-0.15, -0.1) is 0 Å². The molecule has 0 aromatic carbocycles. The van der Waals surface area contributed by atoms with Crippen molar-refractivity contribution in [2.45, 2.75) is 34.1 Å². The van der Waals surface area contributed by atoms with Gasteiger partial charge in [-0.1, -0.05) is 6.92 Å². The van der Waals surface area contributed by atoms with Crippen molar-refractivity contribution in [2.75, 3.05) is 5.32 Å². The van der Waals surface area contributed by atoms with Crippen molar-refractivity contribution in [3.05, 3.63) is 34.9 Å². The van der Waals surface area contributed by atoms with Crippen LogP contribution in [0, 0.1) is 26.7 Å². The quantitative estimate of drug-likeness (QED) is 0.689. The van der Waals surface area contributed by atoms with Crippen LogP contribution < -0.4 is 5.32 Å². The molecule has 0 aliphatic carbocycles. The fourth-order valence-corrected chi connectivity index (χ4v) is 2.63. The molecule has 0 radical (unpaired) electrons. The molecule has 23 heavy (non-hydrogen) atoms. The molecule has 1 atom stereocenters. The molecule has 0 unspecified atom stereocenters. The van der Waals surface area contributed by atoms with E-state index in [0.717, 1.165) is 28.0 Å². The lowest BCUT2D eigenvalue weighted by molar-refractivity contribution is -0.119. The number of carbonyl (C=O) groups is 1. The average molecular weight is 312 g/mol. The molecule has 3 heterocycles. The van der Waals surface area contributed by atoms with Crippen LogP contribution in [0.1, 0.15) is 29.6 Å². The molecule has 3 N–H and O–H groups in total. The minimum absolute atomic E-state index is 0.0349. The fourth-order valence-electron chi connectivity index (χ4n) is 2.63. The summed E-state index contributed by atoms with van der Waals surface area (Å²) in [6.45, 7) is 7.76. The monoisotopic (exact) mass is 312 g/mol. The summed E-state index contributed by atoms with van der Waals surface area (Å²) in [6, 6.07) is 1.89. The van der Waals surface area contributed by atoms with E-state index in [2.05, 4.69) is 30.7 Å². The predicted molar refractivity (Wildman–Crippen MR) is 88.2 cm³/mol. The first kappa shape index (κ1) is 15.2. The van der Waals surface area contributed by atoms with Crippen LogP contribution in [-0.4, -0.2) is 31.3 Å². The maximum absolute atomic E-state index is 12.4. The van der Waals surface area contributed by atoms with Crippen LogP contribution in [0.15, 0.2) is 12.3 Å². The SMILES string of the molecule is Cc1n[nH]c(C)c1C[C@@H](C)C(=O)Nc1cnc2n[nH]c(C)c2c1. The minimum Gasteiger partial charge on any atom is -0.324 e. The summed E-state index contributed by atoms with van der Waals surface area (Å²) in [5.41, 5.74) is 5.32. The minimum atomic E-state index is -0.161. The second-order valence-corrected chi connectivity index (χ2v) is 5.95. The number of H-pyrrole nitrogens is 2. The van der Waals surface area contributed by atoms with Crippen LogP contribution in [0.3, 0.4) is 0 Å². The first-order valence-corrected chi connectivity index (χ1v) is 7.57. The Bertz CT molecular complexity index is 843. The van der Waals surface area contributed by atoms with Crippen LogP contribution in [0.4, 0.5) is 5.69 Å². The zero-order valence-corrected chi connectivity index (χ0v) is 13.7. The van der Waals surface area contributed by atoms with Gasteiger partial charge in [-0.3, -0.25) is 15.0 Å². The third-order valence-electron chi connectivity index (χ3n) is 4.11. The molecule has 7 heteroatoms. The molecule has 0 fully saturated rings. The Morgan fingerprint density at radius 2 is 1.96 bits per heavy atom. The lowest BCUT2D eigenvalue weighted by Crippen LogP contribution is -2.22. The lowest BCUT2D eigenvalue weighted by Gasteiger charge is -2.12. The van der Waals surface area contributed by atoms with Crippen molar-refractivity contribution < 1.29 is 4.79 Å². The van der Waals surface area contributed by atoms with Gasteiger partial charge in [0.2, 0.25) is 5.91 Å². The second-order valence-electron chi connectivity index (χ2n) is 5.95.